The van der Waals surface area contributed by atoms with E-state index in [1.165, 1.54) is 6.07 Å². The number of carbonyl (C=O) groups excluding carboxylic acids is 2. The van der Waals surface area contributed by atoms with Crippen LogP contribution < -0.4 is 5.32 Å². The highest BCUT2D eigenvalue weighted by Gasteiger charge is 2.63. The van der Waals surface area contributed by atoms with Gasteiger partial charge in [0.05, 0.1) is 11.8 Å². The van der Waals surface area contributed by atoms with Gasteiger partial charge in [-0.15, -0.1) is 0 Å². The van der Waals surface area contributed by atoms with Crippen molar-refractivity contribution in [1.82, 2.24) is 0 Å². The van der Waals surface area contributed by atoms with Crippen molar-refractivity contribution in [2.45, 2.75) is 18.9 Å². The molecular weight excluding hydrogens is 258 g/mol. The molecule has 2 saturated carbocycles. The van der Waals surface area contributed by atoms with Crippen molar-refractivity contribution >= 4 is 17.6 Å². The van der Waals surface area contributed by atoms with E-state index >= 15 is 0 Å². The van der Waals surface area contributed by atoms with E-state index in [9.17, 15) is 14.7 Å². The van der Waals surface area contributed by atoms with E-state index in [2.05, 4.69) is 5.32 Å². The summed E-state index contributed by atoms with van der Waals surface area (Å²) < 4.78 is 5.33. The van der Waals surface area contributed by atoms with Gasteiger partial charge in [0.15, 0.2) is 0 Å². The van der Waals surface area contributed by atoms with Crippen LogP contribution in [-0.2, 0) is 14.3 Å². The first-order chi connectivity index (χ1) is 9.63. The Hall–Kier alpha value is -2.04. The average molecular weight is 273 g/mol. The summed E-state index contributed by atoms with van der Waals surface area (Å²) in [5.74, 6) is -0.312. The number of esters is 1. The fraction of sp³-hybridized carbons (Fsp3) is 0.467. The van der Waals surface area contributed by atoms with Gasteiger partial charge in [-0.05, 0) is 30.9 Å². The summed E-state index contributed by atoms with van der Waals surface area (Å²) in [4.78, 5) is 24.3. The molecule has 1 aromatic carbocycles. The van der Waals surface area contributed by atoms with Crippen LogP contribution in [0.2, 0.25) is 0 Å². The number of hydrogen-bond acceptors (Lipinski definition) is 4. The second kappa shape index (κ2) is 3.98. The molecule has 1 aliphatic heterocycles. The number of ether oxygens (including phenoxy) is 1. The fourth-order valence-electron chi connectivity index (χ4n) is 4.17. The number of amides is 1. The molecule has 0 spiro atoms. The lowest BCUT2D eigenvalue weighted by Crippen LogP contribution is -2.35. The molecule has 20 heavy (non-hydrogen) atoms. The summed E-state index contributed by atoms with van der Waals surface area (Å²) in [6.07, 6.45) is 1.77. The first kappa shape index (κ1) is 11.8. The Labute approximate surface area is 115 Å². The second-order valence-electron chi connectivity index (χ2n) is 5.96. The van der Waals surface area contributed by atoms with Gasteiger partial charge in [0.2, 0.25) is 5.91 Å². The van der Waals surface area contributed by atoms with Crippen LogP contribution in [-0.4, -0.2) is 23.1 Å². The summed E-state index contributed by atoms with van der Waals surface area (Å²) >= 11 is 0. The normalized spacial score (nSPS) is 37.0. The minimum atomic E-state index is -0.284. The van der Waals surface area contributed by atoms with E-state index in [-0.39, 0.29) is 47.4 Å². The molecule has 0 unspecified atom stereocenters. The van der Waals surface area contributed by atoms with Gasteiger partial charge in [0.25, 0.3) is 0 Å². The third kappa shape index (κ3) is 1.55. The number of carbonyl (C=O) groups is 2. The number of anilines is 1. The van der Waals surface area contributed by atoms with E-state index in [0.29, 0.717) is 5.69 Å². The Morgan fingerprint density at radius 1 is 1.35 bits per heavy atom. The topological polar surface area (TPSA) is 75.6 Å². The Kier molecular flexibility index (Phi) is 2.34. The maximum absolute atomic E-state index is 12.4. The Balaban J connectivity index is 1.56. The largest absolute Gasteiger partial charge is 0.508 e. The second-order valence-corrected chi connectivity index (χ2v) is 5.96. The van der Waals surface area contributed by atoms with Crippen molar-refractivity contribution < 1.29 is 19.4 Å². The van der Waals surface area contributed by atoms with E-state index in [1.807, 2.05) is 0 Å². The van der Waals surface area contributed by atoms with Gasteiger partial charge < -0.3 is 15.2 Å². The van der Waals surface area contributed by atoms with Crippen LogP contribution in [0.5, 0.6) is 5.75 Å². The molecule has 2 aliphatic carbocycles. The highest BCUT2D eigenvalue weighted by Crippen LogP contribution is 2.57. The highest BCUT2D eigenvalue weighted by atomic mass is 16.6. The van der Waals surface area contributed by atoms with Gasteiger partial charge in [-0.1, -0.05) is 6.07 Å². The molecule has 1 heterocycles. The van der Waals surface area contributed by atoms with Gasteiger partial charge in [0, 0.05) is 17.7 Å². The first-order valence-corrected chi connectivity index (χ1v) is 6.94. The molecule has 1 saturated heterocycles. The molecule has 2 bridgehead atoms. The van der Waals surface area contributed by atoms with Crippen LogP contribution in [0, 0.1) is 23.7 Å². The molecule has 104 valence electrons. The Morgan fingerprint density at radius 2 is 2.20 bits per heavy atom. The number of phenolic OH excluding ortho intramolecular Hbond substituents is 1. The Bertz CT molecular complexity index is 597. The summed E-state index contributed by atoms with van der Waals surface area (Å²) in [5.41, 5.74) is 0.556. The third-order valence-electron chi connectivity index (χ3n) is 4.90. The molecular formula is C15H15NO4. The summed E-state index contributed by atoms with van der Waals surface area (Å²) in [7, 11) is 0. The van der Waals surface area contributed by atoms with Gasteiger partial charge in [-0.25, -0.2) is 0 Å². The predicted molar refractivity (Wildman–Crippen MR) is 69.8 cm³/mol. The summed E-state index contributed by atoms with van der Waals surface area (Å²) in [6, 6.07) is 6.44. The molecule has 3 fully saturated rings. The number of phenols is 1. The van der Waals surface area contributed by atoms with Crippen molar-refractivity contribution in [1.29, 1.82) is 0 Å². The van der Waals surface area contributed by atoms with Crippen LogP contribution in [0.25, 0.3) is 0 Å². The molecule has 5 nitrogen and oxygen atoms in total. The smallest absolute Gasteiger partial charge is 0.310 e. The number of fused-ring (bicyclic) bond motifs is 1. The minimum absolute atomic E-state index is 0.0438. The number of rotatable bonds is 2. The minimum Gasteiger partial charge on any atom is -0.508 e. The molecule has 0 radical (unpaired) electrons. The van der Waals surface area contributed by atoms with Crippen molar-refractivity contribution in [3.8, 4) is 5.75 Å². The summed E-state index contributed by atoms with van der Waals surface area (Å²) in [6.45, 7) is 0. The lowest BCUT2D eigenvalue weighted by Gasteiger charge is -2.23. The summed E-state index contributed by atoms with van der Waals surface area (Å²) in [5, 5.41) is 12.2. The fourth-order valence-corrected chi connectivity index (χ4v) is 4.17. The predicted octanol–water partition coefficient (Wildman–Crippen LogP) is 1.53. The quantitative estimate of drug-likeness (QED) is 0.801. The first-order valence-electron chi connectivity index (χ1n) is 6.94. The molecule has 1 amide bonds. The van der Waals surface area contributed by atoms with Gasteiger partial charge in [-0.2, -0.15) is 0 Å². The monoisotopic (exact) mass is 273 g/mol. The van der Waals surface area contributed by atoms with E-state index in [0.717, 1.165) is 12.8 Å². The molecule has 2 N–H and O–H groups in total. The van der Waals surface area contributed by atoms with Crippen molar-refractivity contribution in [3.05, 3.63) is 24.3 Å². The highest BCUT2D eigenvalue weighted by molar-refractivity contribution is 5.97. The molecule has 5 heteroatoms. The zero-order chi connectivity index (χ0) is 13.9. The van der Waals surface area contributed by atoms with E-state index in [1.54, 1.807) is 18.2 Å². The third-order valence-corrected chi connectivity index (χ3v) is 4.90. The maximum Gasteiger partial charge on any atom is 0.310 e. The zero-order valence-electron chi connectivity index (χ0n) is 10.8. The van der Waals surface area contributed by atoms with Crippen molar-refractivity contribution in [3.63, 3.8) is 0 Å². The van der Waals surface area contributed by atoms with Crippen LogP contribution >= 0.6 is 0 Å². The van der Waals surface area contributed by atoms with Crippen LogP contribution in [0.15, 0.2) is 24.3 Å². The maximum atomic E-state index is 12.4. The van der Waals surface area contributed by atoms with Crippen LogP contribution in [0.3, 0.4) is 0 Å². The lowest BCUT2D eigenvalue weighted by atomic mass is 9.79. The van der Waals surface area contributed by atoms with E-state index < -0.39 is 0 Å². The Morgan fingerprint density at radius 3 is 3.00 bits per heavy atom. The number of benzene rings is 1. The lowest BCUT2D eigenvalue weighted by molar-refractivity contribution is -0.145. The SMILES string of the molecule is O=C(Nc1cccc(O)c1)[C@@H]1[C@@H]2C[C@@H]3[C@@H]1C(=O)O[C@H]3C2. The molecule has 0 aromatic heterocycles. The molecule has 5 atom stereocenters. The average Bonchev–Trinajstić information content (AvgIpc) is 2.99. The van der Waals surface area contributed by atoms with Crippen LogP contribution in [0.4, 0.5) is 5.69 Å². The van der Waals surface area contributed by atoms with Gasteiger partial charge >= 0.3 is 5.97 Å². The van der Waals surface area contributed by atoms with Crippen molar-refractivity contribution in [2.24, 2.45) is 23.7 Å². The number of hydrogen-bond donors (Lipinski definition) is 2. The number of nitrogens with one attached hydrogen (secondary N) is 1. The van der Waals surface area contributed by atoms with Crippen LogP contribution in [0.1, 0.15) is 12.8 Å². The molecule has 4 rings (SSSR count). The molecule has 3 aliphatic rings. The van der Waals surface area contributed by atoms with E-state index in [4.69, 9.17) is 4.74 Å². The van der Waals surface area contributed by atoms with Crippen molar-refractivity contribution in [2.75, 3.05) is 5.32 Å². The zero-order valence-corrected chi connectivity index (χ0v) is 10.8. The van der Waals surface area contributed by atoms with Gasteiger partial charge in [0.1, 0.15) is 11.9 Å². The van der Waals surface area contributed by atoms with Gasteiger partial charge in [-0.3, -0.25) is 9.59 Å². The molecule has 1 aromatic rings. The standard InChI is InChI=1S/C15H15NO4/c17-9-3-1-2-8(6-9)16-14(18)12-7-4-10-11(5-7)20-15(19)13(10)12/h1-3,6-7,10-13,17H,4-5H2,(H,16,18)/t7-,10+,11+,12-,13+/m1/s1. The number of aromatic hydroxyl groups is 1.